The molecule has 0 aromatic heterocycles. The third-order valence-corrected chi connectivity index (χ3v) is 6.31. The van der Waals surface area contributed by atoms with Gasteiger partial charge in [0.05, 0.1) is 12.3 Å². The van der Waals surface area contributed by atoms with Crippen LogP contribution in [0.15, 0.2) is 52.3 Å². The Kier molecular flexibility index (Phi) is 8.02. The van der Waals surface area contributed by atoms with Gasteiger partial charge in [-0.25, -0.2) is 4.79 Å². The Balaban J connectivity index is 1.57. The van der Waals surface area contributed by atoms with E-state index in [2.05, 4.69) is 66.5 Å². The average Bonchev–Trinajstić information content (AvgIpc) is 2.76. The van der Waals surface area contributed by atoms with E-state index in [0.29, 0.717) is 39.1 Å². The predicted molar refractivity (Wildman–Crippen MR) is 120 cm³/mol. The summed E-state index contributed by atoms with van der Waals surface area (Å²) in [6, 6.07) is 15.0. The van der Waals surface area contributed by atoms with Crippen LogP contribution in [0.2, 0.25) is 0 Å². The van der Waals surface area contributed by atoms with Gasteiger partial charge in [0.15, 0.2) is 0 Å². The first-order valence-corrected chi connectivity index (χ1v) is 11.1. The fraction of sp³-hybridized carbons (Fsp3) is 0.391. The molecule has 0 unspecified atom stereocenters. The lowest BCUT2D eigenvalue weighted by atomic mass is 10.2. The quantitative estimate of drug-likeness (QED) is 0.512. The molecule has 3 rings (SSSR count). The standard InChI is InChI=1S/C23H29N3O3S/c1-18-8-9-21(19(2)16-18)30-22-7-4-3-6-20(22)25-11-13-26(14-12-25)23(28)29-15-5-10-24-17-27/h3-4,6-9,16-17H,5,10-15H2,1-2H3,(H,24,27). The summed E-state index contributed by atoms with van der Waals surface area (Å²) in [5.74, 6) is 0. The highest BCUT2D eigenvalue weighted by atomic mass is 32.2. The number of hydrogen-bond donors (Lipinski definition) is 1. The van der Waals surface area contributed by atoms with Crippen LogP contribution in [-0.2, 0) is 9.53 Å². The normalized spacial score (nSPS) is 13.8. The largest absolute Gasteiger partial charge is 0.449 e. The van der Waals surface area contributed by atoms with Crippen LogP contribution in [0.1, 0.15) is 17.5 Å². The molecule has 1 aliphatic heterocycles. The van der Waals surface area contributed by atoms with Crippen LogP contribution in [0.3, 0.4) is 0 Å². The van der Waals surface area contributed by atoms with Gasteiger partial charge in [-0.2, -0.15) is 0 Å². The number of carbonyl (C=O) groups is 2. The SMILES string of the molecule is Cc1ccc(Sc2ccccc2N2CCN(C(=O)OCCCNC=O)CC2)c(C)c1. The Hall–Kier alpha value is -2.67. The van der Waals surface area contributed by atoms with E-state index < -0.39 is 0 Å². The zero-order valence-corrected chi connectivity index (χ0v) is 18.4. The van der Waals surface area contributed by atoms with Gasteiger partial charge < -0.3 is 19.9 Å². The van der Waals surface area contributed by atoms with Crippen molar-refractivity contribution >= 4 is 30.0 Å². The number of carbonyl (C=O) groups excluding carboxylic acids is 2. The molecular weight excluding hydrogens is 398 g/mol. The van der Waals surface area contributed by atoms with Crippen LogP contribution < -0.4 is 10.2 Å². The minimum Gasteiger partial charge on any atom is -0.449 e. The summed E-state index contributed by atoms with van der Waals surface area (Å²) in [6.07, 6.45) is 0.990. The van der Waals surface area contributed by atoms with Crippen LogP contribution in [0.4, 0.5) is 10.5 Å². The van der Waals surface area contributed by atoms with Crippen molar-refractivity contribution in [3.8, 4) is 0 Å². The minimum absolute atomic E-state index is 0.279. The topological polar surface area (TPSA) is 61.9 Å². The molecule has 30 heavy (non-hydrogen) atoms. The number of anilines is 1. The predicted octanol–water partition coefficient (Wildman–Crippen LogP) is 3.85. The molecule has 1 saturated heterocycles. The molecule has 0 spiro atoms. The van der Waals surface area contributed by atoms with E-state index in [4.69, 9.17) is 4.74 Å². The third-order valence-electron chi connectivity index (χ3n) is 5.07. The maximum Gasteiger partial charge on any atom is 0.409 e. The molecule has 1 fully saturated rings. The summed E-state index contributed by atoms with van der Waals surface area (Å²) in [4.78, 5) is 29.0. The fourth-order valence-electron chi connectivity index (χ4n) is 3.45. The molecule has 0 radical (unpaired) electrons. The first-order chi connectivity index (χ1) is 14.6. The van der Waals surface area contributed by atoms with Crippen molar-refractivity contribution in [1.29, 1.82) is 0 Å². The van der Waals surface area contributed by atoms with Gasteiger partial charge in [0.25, 0.3) is 0 Å². The average molecular weight is 428 g/mol. The fourth-order valence-corrected chi connectivity index (χ4v) is 4.49. The number of nitrogens with zero attached hydrogens (tertiary/aromatic N) is 2. The molecule has 1 N–H and O–H groups in total. The van der Waals surface area contributed by atoms with Gasteiger partial charge >= 0.3 is 6.09 Å². The van der Waals surface area contributed by atoms with Crippen LogP contribution >= 0.6 is 11.8 Å². The van der Waals surface area contributed by atoms with E-state index in [1.54, 1.807) is 16.7 Å². The number of aryl methyl sites for hydroxylation is 2. The molecule has 2 aromatic carbocycles. The summed E-state index contributed by atoms with van der Waals surface area (Å²) in [5, 5.41) is 2.56. The van der Waals surface area contributed by atoms with Crippen LogP contribution in [0, 0.1) is 13.8 Å². The zero-order valence-electron chi connectivity index (χ0n) is 17.6. The molecule has 0 bridgehead atoms. The monoisotopic (exact) mass is 427 g/mol. The molecule has 0 atom stereocenters. The van der Waals surface area contributed by atoms with Gasteiger partial charge in [-0.05, 0) is 44.0 Å². The number of rotatable bonds is 8. The summed E-state index contributed by atoms with van der Waals surface area (Å²) < 4.78 is 5.30. The van der Waals surface area contributed by atoms with E-state index in [1.807, 2.05) is 0 Å². The van der Waals surface area contributed by atoms with Crippen molar-refractivity contribution in [3.05, 3.63) is 53.6 Å². The van der Waals surface area contributed by atoms with Crippen LogP contribution in [0.25, 0.3) is 0 Å². The second-order valence-corrected chi connectivity index (χ2v) is 8.44. The Morgan fingerprint density at radius 2 is 1.87 bits per heavy atom. The smallest absolute Gasteiger partial charge is 0.409 e. The highest BCUT2D eigenvalue weighted by Gasteiger charge is 2.23. The molecule has 0 aliphatic carbocycles. The molecule has 7 heteroatoms. The molecule has 160 valence electrons. The van der Waals surface area contributed by atoms with Gasteiger partial charge in [-0.15, -0.1) is 0 Å². The first-order valence-electron chi connectivity index (χ1n) is 10.3. The Morgan fingerprint density at radius 3 is 2.60 bits per heavy atom. The summed E-state index contributed by atoms with van der Waals surface area (Å²) in [6.45, 7) is 7.90. The van der Waals surface area contributed by atoms with Gasteiger partial charge in [-0.1, -0.05) is 41.6 Å². The molecular formula is C23H29N3O3S. The van der Waals surface area contributed by atoms with Crippen molar-refractivity contribution < 1.29 is 14.3 Å². The Labute approximate surface area is 182 Å². The lowest BCUT2D eigenvalue weighted by molar-refractivity contribution is -0.109. The number of amides is 2. The Bertz CT molecular complexity index is 867. The lowest BCUT2D eigenvalue weighted by Crippen LogP contribution is -2.49. The van der Waals surface area contributed by atoms with Crippen molar-refractivity contribution in [2.75, 3.05) is 44.2 Å². The Morgan fingerprint density at radius 1 is 1.10 bits per heavy atom. The highest BCUT2D eigenvalue weighted by molar-refractivity contribution is 7.99. The number of nitrogens with one attached hydrogen (secondary N) is 1. The molecule has 1 aliphatic rings. The van der Waals surface area contributed by atoms with E-state index in [9.17, 15) is 9.59 Å². The summed E-state index contributed by atoms with van der Waals surface area (Å²) in [7, 11) is 0. The number of ether oxygens (including phenoxy) is 1. The van der Waals surface area contributed by atoms with Gasteiger partial charge in [0.1, 0.15) is 0 Å². The van der Waals surface area contributed by atoms with Crippen molar-refractivity contribution in [2.45, 2.75) is 30.1 Å². The third kappa shape index (κ3) is 5.92. The second kappa shape index (κ2) is 10.9. The van der Waals surface area contributed by atoms with E-state index >= 15 is 0 Å². The molecule has 2 amide bonds. The van der Waals surface area contributed by atoms with E-state index in [-0.39, 0.29) is 6.09 Å². The summed E-state index contributed by atoms with van der Waals surface area (Å²) >= 11 is 1.79. The van der Waals surface area contributed by atoms with Crippen molar-refractivity contribution in [3.63, 3.8) is 0 Å². The van der Waals surface area contributed by atoms with Crippen LogP contribution in [-0.4, -0.2) is 56.7 Å². The maximum absolute atomic E-state index is 12.2. The molecule has 2 aromatic rings. The second-order valence-electron chi connectivity index (χ2n) is 7.35. The molecule has 6 nitrogen and oxygen atoms in total. The van der Waals surface area contributed by atoms with Gasteiger partial charge in [0.2, 0.25) is 6.41 Å². The number of para-hydroxylation sites is 1. The number of piperazine rings is 1. The molecule has 0 saturated carbocycles. The first kappa shape index (κ1) is 22.0. The van der Waals surface area contributed by atoms with Crippen molar-refractivity contribution in [1.82, 2.24) is 10.2 Å². The zero-order chi connectivity index (χ0) is 21.3. The highest BCUT2D eigenvalue weighted by Crippen LogP contribution is 2.37. The van der Waals surface area contributed by atoms with Crippen molar-refractivity contribution in [2.24, 2.45) is 0 Å². The number of hydrogen-bond acceptors (Lipinski definition) is 5. The minimum atomic E-state index is -0.279. The molecule has 1 heterocycles. The lowest BCUT2D eigenvalue weighted by Gasteiger charge is -2.36. The van der Waals surface area contributed by atoms with Gasteiger partial charge in [0, 0.05) is 42.5 Å². The van der Waals surface area contributed by atoms with Gasteiger partial charge in [-0.3, -0.25) is 4.79 Å². The van der Waals surface area contributed by atoms with Crippen LogP contribution in [0.5, 0.6) is 0 Å². The maximum atomic E-state index is 12.2. The van der Waals surface area contributed by atoms with E-state index in [1.165, 1.54) is 26.6 Å². The summed E-state index contributed by atoms with van der Waals surface area (Å²) in [5.41, 5.74) is 3.76. The number of benzene rings is 2. The van der Waals surface area contributed by atoms with E-state index in [0.717, 1.165) is 13.1 Å².